The van der Waals surface area contributed by atoms with E-state index in [1.165, 1.54) is 17.4 Å². The van der Waals surface area contributed by atoms with Crippen molar-refractivity contribution in [3.63, 3.8) is 0 Å². The molecule has 84 valence electrons. The van der Waals surface area contributed by atoms with E-state index in [-0.39, 0.29) is 6.54 Å². The first-order valence-corrected chi connectivity index (χ1v) is 5.13. The lowest BCUT2D eigenvalue weighted by Crippen LogP contribution is -2.34. The zero-order chi connectivity index (χ0) is 11.3. The molecule has 15 heavy (non-hydrogen) atoms. The van der Waals surface area contributed by atoms with Gasteiger partial charge in [0.1, 0.15) is 12.1 Å². The predicted octanol–water partition coefficient (Wildman–Crippen LogP) is 1.27. The Labute approximate surface area is 94.6 Å². The molecular formula is C8H11BrF2N4. The van der Waals surface area contributed by atoms with E-state index in [2.05, 4.69) is 25.9 Å². The van der Waals surface area contributed by atoms with Crippen LogP contribution in [0.15, 0.2) is 17.0 Å². The lowest BCUT2D eigenvalue weighted by molar-refractivity contribution is 0.154. The molecule has 7 heteroatoms. The fourth-order valence-electron chi connectivity index (χ4n) is 1.14. The van der Waals surface area contributed by atoms with Crippen LogP contribution in [0, 0.1) is 0 Å². The van der Waals surface area contributed by atoms with E-state index in [1.54, 1.807) is 0 Å². The number of hydrogen-bond acceptors (Lipinski definition) is 4. The Morgan fingerprint density at radius 2 is 2.27 bits per heavy atom. The number of aromatic nitrogens is 2. The van der Waals surface area contributed by atoms with E-state index < -0.39 is 6.43 Å². The van der Waals surface area contributed by atoms with Gasteiger partial charge in [0, 0.05) is 19.3 Å². The Bertz CT molecular complexity index is 310. The quantitative estimate of drug-likeness (QED) is 0.883. The third kappa shape index (κ3) is 3.67. The van der Waals surface area contributed by atoms with E-state index in [1.807, 2.05) is 0 Å². The molecule has 0 aliphatic heterocycles. The van der Waals surface area contributed by atoms with Crippen LogP contribution < -0.4 is 10.6 Å². The maximum atomic E-state index is 12.3. The lowest BCUT2D eigenvalue weighted by atomic mass is 10.4. The summed E-state index contributed by atoms with van der Waals surface area (Å²) < 4.78 is 25.2. The van der Waals surface area contributed by atoms with Gasteiger partial charge in [-0.3, -0.25) is 0 Å². The average Bonchev–Trinajstić information content (AvgIpc) is 2.17. The van der Waals surface area contributed by atoms with Crippen LogP contribution in [0.1, 0.15) is 0 Å². The molecule has 0 fully saturated rings. The topological polar surface area (TPSA) is 55.0 Å². The molecule has 0 radical (unpaired) electrons. The first-order chi connectivity index (χ1) is 7.15. The van der Waals surface area contributed by atoms with Crippen molar-refractivity contribution in [1.29, 1.82) is 0 Å². The summed E-state index contributed by atoms with van der Waals surface area (Å²) in [5.41, 5.74) is 5.35. The summed E-state index contributed by atoms with van der Waals surface area (Å²) >= 11 is 3.20. The minimum absolute atomic E-state index is 0.295. The minimum atomic E-state index is -2.42. The van der Waals surface area contributed by atoms with Gasteiger partial charge >= 0.3 is 0 Å². The Morgan fingerprint density at radius 1 is 1.53 bits per heavy atom. The van der Waals surface area contributed by atoms with Crippen LogP contribution in [0.2, 0.25) is 0 Å². The average molecular weight is 281 g/mol. The summed E-state index contributed by atoms with van der Waals surface area (Å²) in [5.74, 6) is 0.441. The number of nitrogens with two attached hydrogens (primary N) is 1. The maximum absolute atomic E-state index is 12.3. The van der Waals surface area contributed by atoms with Crippen LogP contribution >= 0.6 is 15.9 Å². The second kappa shape index (κ2) is 5.92. The second-order valence-corrected chi connectivity index (χ2v) is 3.67. The van der Waals surface area contributed by atoms with Crippen LogP contribution in [-0.2, 0) is 0 Å². The number of rotatable bonds is 5. The van der Waals surface area contributed by atoms with Crippen molar-refractivity contribution in [2.75, 3.05) is 24.5 Å². The highest BCUT2D eigenvalue weighted by molar-refractivity contribution is 9.10. The molecule has 1 rings (SSSR count). The Hall–Kier alpha value is -0.820. The molecule has 4 nitrogen and oxygen atoms in total. The van der Waals surface area contributed by atoms with Crippen molar-refractivity contribution >= 4 is 21.7 Å². The third-order valence-corrected chi connectivity index (χ3v) is 2.26. The van der Waals surface area contributed by atoms with Crippen molar-refractivity contribution in [1.82, 2.24) is 9.97 Å². The van der Waals surface area contributed by atoms with E-state index >= 15 is 0 Å². The van der Waals surface area contributed by atoms with Crippen LogP contribution in [0.5, 0.6) is 0 Å². The van der Waals surface area contributed by atoms with Gasteiger partial charge in [-0.1, -0.05) is 0 Å². The smallest absolute Gasteiger partial charge is 0.255 e. The summed E-state index contributed by atoms with van der Waals surface area (Å²) in [4.78, 5) is 9.12. The molecule has 0 aromatic carbocycles. The van der Waals surface area contributed by atoms with Crippen LogP contribution in [0.3, 0.4) is 0 Å². The Balaban J connectivity index is 2.83. The fourth-order valence-corrected chi connectivity index (χ4v) is 1.62. The maximum Gasteiger partial charge on any atom is 0.255 e. The van der Waals surface area contributed by atoms with Crippen molar-refractivity contribution in [3.8, 4) is 0 Å². The van der Waals surface area contributed by atoms with E-state index in [0.29, 0.717) is 23.4 Å². The molecule has 0 saturated heterocycles. The molecule has 0 amide bonds. The molecule has 0 spiro atoms. The molecule has 0 aliphatic carbocycles. The number of halogens is 3. The third-order valence-electron chi connectivity index (χ3n) is 1.71. The van der Waals surface area contributed by atoms with Gasteiger partial charge in [-0.25, -0.2) is 18.7 Å². The minimum Gasteiger partial charge on any atom is -0.349 e. The summed E-state index contributed by atoms with van der Waals surface area (Å²) in [6.45, 7) is 0.246. The Kier molecular flexibility index (Phi) is 4.83. The molecule has 1 aromatic heterocycles. The molecule has 0 atom stereocenters. The molecule has 0 unspecified atom stereocenters. The summed E-state index contributed by atoms with van der Waals surface area (Å²) in [6.07, 6.45) is 0.408. The van der Waals surface area contributed by atoms with Gasteiger partial charge in [0.25, 0.3) is 6.43 Å². The molecule has 0 aliphatic rings. The summed E-state index contributed by atoms with van der Waals surface area (Å²) in [5, 5.41) is 0. The van der Waals surface area contributed by atoms with Crippen molar-refractivity contribution in [3.05, 3.63) is 17.0 Å². The molecule has 1 aromatic rings. The van der Waals surface area contributed by atoms with Gasteiger partial charge in [-0.2, -0.15) is 0 Å². The largest absolute Gasteiger partial charge is 0.349 e. The van der Waals surface area contributed by atoms with Gasteiger partial charge in [0.05, 0.1) is 11.0 Å². The zero-order valence-electron chi connectivity index (χ0n) is 7.91. The number of hydrogen-bond donors (Lipinski definition) is 1. The van der Waals surface area contributed by atoms with Crippen molar-refractivity contribution in [2.45, 2.75) is 6.43 Å². The van der Waals surface area contributed by atoms with Gasteiger partial charge in [-0.05, 0) is 15.9 Å². The predicted molar refractivity (Wildman–Crippen MR) is 57.0 cm³/mol. The monoisotopic (exact) mass is 280 g/mol. The molecular weight excluding hydrogens is 270 g/mol. The lowest BCUT2D eigenvalue weighted by Gasteiger charge is -2.23. The highest BCUT2D eigenvalue weighted by Crippen LogP contribution is 2.22. The van der Waals surface area contributed by atoms with Gasteiger partial charge in [0.15, 0.2) is 0 Å². The molecule has 0 saturated carbocycles. The van der Waals surface area contributed by atoms with Gasteiger partial charge in [0.2, 0.25) is 0 Å². The van der Waals surface area contributed by atoms with Gasteiger partial charge in [-0.15, -0.1) is 0 Å². The van der Waals surface area contributed by atoms with Gasteiger partial charge < -0.3 is 10.6 Å². The summed E-state index contributed by atoms with van der Waals surface area (Å²) in [6, 6.07) is 0. The fraction of sp³-hybridized carbons (Fsp3) is 0.500. The first-order valence-electron chi connectivity index (χ1n) is 4.33. The summed E-state index contributed by atoms with van der Waals surface area (Å²) in [7, 11) is 0. The Morgan fingerprint density at radius 3 is 2.80 bits per heavy atom. The number of anilines is 1. The standard InChI is InChI=1S/C8H11BrF2N4/c9-6-3-13-5-14-8(6)15(2-1-12)4-7(10)11/h3,5,7H,1-2,4,12H2. The van der Waals surface area contributed by atoms with E-state index in [4.69, 9.17) is 5.73 Å². The number of nitrogens with zero attached hydrogens (tertiary/aromatic N) is 3. The highest BCUT2D eigenvalue weighted by Gasteiger charge is 2.15. The molecule has 0 bridgehead atoms. The van der Waals surface area contributed by atoms with Crippen molar-refractivity contribution in [2.24, 2.45) is 5.73 Å². The normalized spacial score (nSPS) is 10.7. The second-order valence-electron chi connectivity index (χ2n) is 2.82. The highest BCUT2D eigenvalue weighted by atomic mass is 79.9. The van der Waals surface area contributed by atoms with E-state index in [9.17, 15) is 8.78 Å². The van der Waals surface area contributed by atoms with Crippen LogP contribution in [-0.4, -0.2) is 36.0 Å². The van der Waals surface area contributed by atoms with Crippen molar-refractivity contribution < 1.29 is 8.78 Å². The zero-order valence-corrected chi connectivity index (χ0v) is 9.49. The molecule has 2 N–H and O–H groups in total. The molecule has 1 heterocycles. The number of alkyl halides is 2. The SMILES string of the molecule is NCCN(CC(F)F)c1ncncc1Br. The van der Waals surface area contributed by atoms with E-state index in [0.717, 1.165) is 0 Å². The van der Waals surface area contributed by atoms with Crippen LogP contribution in [0.4, 0.5) is 14.6 Å². The van der Waals surface area contributed by atoms with Crippen LogP contribution in [0.25, 0.3) is 0 Å². The first kappa shape index (κ1) is 12.3.